The first-order valence-electron chi connectivity index (χ1n) is 13.7. The van der Waals surface area contributed by atoms with Crippen molar-refractivity contribution in [1.29, 1.82) is 0 Å². The first kappa shape index (κ1) is 27.9. The van der Waals surface area contributed by atoms with E-state index in [0.29, 0.717) is 22.6 Å². The van der Waals surface area contributed by atoms with Crippen LogP contribution in [0.15, 0.2) is 103 Å². The van der Waals surface area contributed by atoms with Crippen LogP contribution in [0.3, 0.4) is 0 Å². The highest BCUT2D eigenvalue weighted by Crippen LogP contribution is 2.64. The fourth-order valence-electron chi connectivity index (χ4n) is 6.78. The van der Waals surface area contributed by atoms with Gasteiger partial charge in [-0.05, 0) is 59.7 Å². The molecule has 3 aliphatic rings. The summed E-state index contributed by atoms with van der Waals surface area (Å²) < 4.78 is 10.2. The van der Waals surface area contributed by atoms with Gasteiger partial charge in [0.2, 0.25) is 5.91 Å². The van der Waals surface area contributed by atoms with Gasteiger partial charge >= 0.3 is 5.91 Å². The molecular formula is C34H31N2O7+. The van der Waals surface area contributed by atoms with Gasteiger partial charge in [0.25, 0.3) is 0 Å². The van der Waals surface area contributed by atoms with Gasteiger partial charge in [0.15, 0.2) is 29.0 Å². The molecule has 3 unspecified atom stereocenters. The number of aliphatic hydroxyl groups is 1. The highest BCUT2D eigenvalue weighted by Gasteiger charge is 2.71. The van der Waals surface area contributed by atoms with E-state index in [-0.39, 0.29) is 39.8 Å². The molecule has 0 aliphatic carbocycles. The average molecular weight is 580 g/mol. The molecule has 218 valence electrons. The molecule has 0 saturated carbocycles. The van der Waals surface area contributed by atoms with E-state index in [9.17, 15) is 24.9 Å². The van der Waals surface area contributed by atoms with Crippen LogP contribution in [0.5, 0.6) is 23.0 Å². The Bertz CT molecular complexity index is 1790. The lowest BCUT2D eigenvalue weighted by molar-refractivity contribution is -0.784. The van der Waals surface area contributed by atoms with Crippen molar-refractivity contribution in [3.05, 3.63) is 119 Å². The summed E-state index contributed by atoms with van der Waals surface area (Å²) in [6.45, 7) is 0. The summed E-state index contributed by atoms with van der Waals surface area (Å²) in [5, 5.41) is 31.4. The SMILES string of the molecule is COc1ccc(C=CC(O)=CC(=O)[N+]23C=CC=C2CC2(C(=O)N(C)c4ccccc42)C3c2ccc(O)c(OC)c2)cc1O. The Morgan fingerprint density at radius 3 is 2.53 bits per heavy atom. The Morgan fingerprint density at radius 1 is 1.02 bits per heavy atom. The molecule has 1 saturated heterocycles. The van der Waals surface area contributed by atoms with E-state index < -0.39 is 17.4 Å². The number of allylic oxidation sites excluding steroid dienone is 4. The minimum absolute atomic E-state index is 0.0551. The van der Waals surface area contributed by atoms with E-state index in [1.807, 2.05) is 30.3 Å². The van der Waals surface area contributed by atoms with Gasteiger partial charge in [0, 0.05) is 30.8 Å². The minimum atomic E-state index is -1.14. The number of rotatable bonds is 6. The second-order valence-electron chi connectivity index (χ2n) is 10.8. The smallest absolute Gasteiger partial charge is 0.352 e. The molecule has 3 atom stereocenters. The number of phenols is 2. The molecule has 0 aromatic heterocycles. The maximum Gasteiger partial charge on any atom is 0.352 e. The lowest BCUT2D eigenvalue weighted by atomic mass is 9.71. The number of fused-ring (bicyclic) bond motifs is 3. The van der Waals surface area contributed by atoms with Crippen molar-refractivity contribution >= 4 is 23.6 Å². The number of para-hydroxylation sites is 1. The molecule has 6 rings (SSSR count). The van der Waals surface area contributed by atoms with Crippen LogP contribution in [0.25, 0.3) is 6.08 Å². The van der Waals surface area contributed by atoms with Crippen molar-refractivity contribution in [2.24, 2.45) is 0 Å². The monoisotopic (exact) mass is 579 g/mol. The summed E-state index contributed by atoms with van der Waals surface area (Å²) >= 11 is 0. The van der Waals surface area contributed by atoms with Gasteiger partial charge in [0.05, 0.1) is 20.3 Å². The van der Waals surface area contributed by atoms with Crippen LogP contribution in [0.1, 0.15) is 29.2 Å². The number of hydrogen-bond donors (Lipinski definition) is 3. The summed E-state index contributed by atoms with van der Waals surface area (Å²) in [6, 6.07) is 16.5. The van der Waals surface area contributed by atoms with Crippen LogP contribution in [-0.4, -0.2) is 52.9 Å². The zero-order valence-electron chi connectivity index (χ0n) is 23.9. The molecule has 3 aliphatic heterocycles. The predicted molar refractivity (Wildman–Crippen MR) is 160 cm³/mol. The highest BCUT2D eigenvalue weighted by molar-refractivity contribution is 6.09. The van der Waals surface area contributed by atoms with E-state index in [1.54, 1.807) is 54.6 Å². The quantitative estimate of drug-likeness (QED) is 0.155. The number of ether oxygens (including phenoxy) is 2. The number of aromatic hydroxyl groups is 2. The van der Waals surface area contributed by atoms with Gasteiger partial charge in [-0.25, -0.2) is 4.79 Å². The first-order valence-corrected chi connectivity index (χ1v) is 13.7. The van der Waals surface area contributed by atoms with Crippen LogP contribution in [0, 0.1) is 0 Å². The number of benzene rings is 3. The van der Waals surface area contributed by atoms with Crippen molar-refractivity contribution in [1.82, 2.24) is 0 Å². The summed E-state index contributed by atoms with van der Waals surface area (Å²) in [4.78, 5) is 30.3. The van der Waals surface area contributed by atoms with Crippen LogP contribution < -0.4 is 14.4 Å². The fraction of sp³-hybridized carbons (Fsp3) is 0.176. The van der Waals surface area contributed by atoms with Gasteiger partial charge in [-0.15, -0.1) is 0 Å². The van der Waals surface area contributed by atoms with Crippen LogP contribution in [-0.2, 0) is 15.0 Å². The lowest BCUT2D eigenvalue weighted by Gasteiger charge is -2.37. The number of methoxy groups -OCH3 is 2. The van der Waals surface area contributed by atoms with Crippen LogP contribution >= 0.6 is 0 Å². The van der Waals surface area contributed by atoms with E-state index in [4.69, 9.17) is 9.47 Å². The molecule has 9 nitrogen and oxygen atoms in total. The minimum Gasteiger partial charge on any atom is -0.508 e. The zero-order chi connectivity index (χ0) is 30.5. The topological polar surface area (TPSA) is 117 Å². The fourth-order valence-corrected chi connectivity index (χ4v) is 6.78. The first-order chi connectivity index (χ1) is 20.7. The molecular weight excluding hydrogens is 548 g/mol. The van der Waals surface area contributed by atoms with Gasteiger partial charge < -0.3 is 29.7 Å². The van der Waals surface area contributed by atoms with Crippen molar-refractivity contribution in [2.75, 3.05) is 26.2 Å². The van der Waals surface area contributed by atoms with E-state index in [1.165, 1.54) is 32.4 Å². The number of amides is 2. The molecule has 2 amide bonds. The average Bonchev–Trinajstić information content (AvgIpc) is 3.61. The van der Waals surface area contributed by atoms with E-state index in [0.717, 1.165) is 17.3 Å². The predicted octanol–water partition coefficient (Wildman–Crippen LogP) is 5.38. The number of carbonyl (C=O) groups is 2. The molecule has 0 radical (unpaired) electrons. The van der Waals surface area contributed by atoms with Crippen molar-refractivity contribution < 1.29 is 38.9 Å². The maximum absolute atomic E-state index is 14.4. The molecule has 1 fully saturated rings. The molecule has 3 heterocycles. The van der Waals surface area contributed by atoms with Gasteiger partial charge in [-0.3, -0.25) is 4.79 Å². The molecule has 3 aromatic rings. The number of nitrogens with zero attached hydrogens (tertiary/aromatic N) is 2. The molecule has 9 heteroatoms. The number of anilines is 1. The van der Waals surface area contributed by atoms with Crippen molar-refractivity contribution in [2.45, 2.75) is 17.9 Å². The summed E-state index contributed by atoms with van der Waals surface area (Å²) in [5.74, 6) is -0.482. The molecule has 3 aromatic carbocycles. The number of carbonyl (C=O) groups excluding carboxylic acids is 2. The van der Waals surface area contributed by atoms with Crippen LogP contribution in [0.4, 0.5) is 5.69 Å². The Balaban J connectivity index is 1.49. The number of quaternary nitrogens is 1. The third-order valence-electron chi connectivity index (χ3n) is 8.66. The molecule has 0 bridgehead atoms. The molecule has 3 N–H and O–H groups in total. The second kappa shape index (κ2) is 10.2. The van der Waals surface area contributed by atoms with E-state index >= 15 is 0 Å². The largest absolute Gasteiger partial charge is 0.508 e. The number of likely N-dealkylation sites (N-methyl/N-ethyl adjacent to an activating group) is 1. The van der Waals surface area contributed by atoms with Gasteiger partial charge in [-0.1, -0.05) is 30.3 Å². The third kappa shape index (κ3) is 4.04. The number of phenolic OH excluding ortho intramolecular Hbond substituents is 2. The standard InChI is InChI=1S/C34H30N2O7/c1-35-26-9-5-4-8-25(26)34(33(35)41)20-23-7-6-16-36(23,32(34)22-12-14-27(38)30(18-22)43-3)31(40)19-24(37)13-10-21-11-15-29(42-2)28(39)17-21/h4-19,32H,20H2,1-3H3,(H2-,37,38,39,40)/p+1. The second-order valence-corrected chi connectivity index (χ2v) is 10.8. The number of aliphatic hydroxyl groups excluding tert-OH is 1. The Hall–Kier alpha value is -5.28. The summed E-state index contributed by atoms with van der Waals surface area (Å²) in [6.07, 6.45) is 9.76. The van der Waals surface area contributed by atoms with E-state index in [2.05, 4.69) is 0 Å². The normalized spacial score (nSPS) is 24.0. The number of hydrogen-bond acceptors (Lipinski definition) is 7. The third-order valence-corrected chi connectivity index (χ3v) is 8.66. The highest BCUT2D eigenvalue weighted by atomic mass is 16.5. The van der Waals surface area contributed by atoms with Crippen LogP contribution in [0.2, 0.25) is 0 Å². The van der Waals surface area contributed by atoms with Crippen molar-refractivity contribution in [3.63, 3.8) is 0 Å². The zero-order valence-corrected chi connectivity index (χ0v) is 23.9. The molecule has 43 heavy (non-hydrogen) atoms. The Labute approximate surface area is 248 Å². The maximum atomic E-state index is 14.4. The Kier molecular flexibility index (Phi) is 6.62. The summed E-state index contributed by atoms with van der Waals surface area (Å²) in [5.41, 5.74) is 2.34. The van der Waals surface area contributed by atoms with Crippen molar-refractivity contribution in [3.8, 4) is 23.0 Å². The molecule has 1 spiro atoms. The van der Waals surface area contributed by atoms with Gasteiger partial charge in [-0.2, -0.15) is 4.48 Å². The Morgan fingerprint density at radius 2 is 1.79 bits per heavy atom. The lowest BCUT2D eigenvalue weighted by Crippen LogP contribution is -2.51. The summed E-state index contributed by atoms with van der Waals surface area (Å²) in [7, 11) is 4.63. The van der Waals surface area contributed by atoms with Gasteiger partial charge in [0.1, 0.15) is 23.1 Å².